The summed E-state index contributed by atoms with van der Waals surface area (Å²) in [5.41, 5.74) is 8.01. The van der Waals surface area contributed by atoms with E-state index in [1.807, 2.05) is 48.5 Å². The van der Waals surface area contributed by atoms with Crippen molar-refractivity contribution in [3.05, 3.63) is 59.7 Å². The molecule has 1 aliphatic heterocycles. The van der Waals surface area contributed by atoms with Gasteiger partial charge in [-0.3, -0.25) is 0 Å². The van der Waals surface area contributed by atoms with Crippen molar-refractivity contribution in [2.45, 2.75) is 18.6 Å². The van der Waals surface area contributed by atoms with E-state index < -0.39 is 12.1 Å². The minimum Gasteiger partial charge on any atom is -0.454 e. The van der Waals surface area contributed by atoms with Crippen LogP contribution in [-0.4, -0.2) is 18.0 Å². The van der Waals surface area contributed by atoms with Crippen LogP contribution in [0.15, 0.2) is 48.5 Å². The number of ether oxygens (including phenoxy) is 2. The van der Waals surface area contributed by atoms with Gasteiger partial charge in [-0.05, 0) is 11.6 Å². The molecule has 0 amide bonds. The third-order valence-electron chi connectivity index (χ3n) is 3.49. The molecule has 20 heavy (non-hydrogen) atoms. The zero-order valence-corrected chi connectivity index (χ0v) is 11.0. The van der Waals surface area contributed by atoms with Crippen LogP contribution in [0.5, 0.6) is 11.5 Å². The number of aliphatic hydroxyl groups excluding tert-OH is 1. The molecule has 0 aromatic heterocycles. The van der Waals surface area contributed by atoms with Gasteiger partial charge in [-0.25, -0.2) is 0 Å². The molecule has 0 bridgehead atoms. The number of fused-ring (bicyclic) bond motifs is 1. The Balaban J connectivity index is 1.79. The summed E-state index contributed by atoms with van der Waals surface area (Å²) in [6, 6.07) is 14.9. The first-order valence-corrected chi connectivity index (χ1v) is 6.62. The second kappa shape index (κ2) is 5.53. The zero-order valence-electron chi connectivity index (χ0n) is 11.0. The van der Waals surface area contributed by atoms with Crippen LogP contribution >= 0.6 is 0 Å². The van der Waals surface area contributed by atoms with Crippen molar-refractivity contribution in [1.29, 1.82) is 0 Å². The molecule has 0 saturated carbocycles. The highest BCUT2D eigenvalue weighted by molar-refractivity contribution is 5.49. The summed E-state index contributed by atoms with van der Waals surface area (Å²) < 4.78 is 10.8. The van der Waals surface area contributed by atoms with E-state index in [0.717, 1.165) is 11.1 Å². The molecule has 1 aliphatic rings. The van der Waals surface area contributed by atoms with Crippen LogP contribution in [-0.2, 0) is 6.42 Å². The zero-order chi connectivity index (χ0) is 13.9. The maximum absolute atomic E-state index is 10.3. The monoisotopic (exact) mass is 271 g/mol. The summed E-state index contributed by atoms with van der Waals surface area (Å²) in [6.07, 6.45) is -0.167. The first kappa shape index (κ1) is 13.0. The number of hydrogen-bond donors (Lipinski definition) is 2. The van der Waals surface area contributed by atoms with Crippen LogP contribution in [0.4, 0.5) is 0 Å². The molecular formula is C16H17NO3. The average Bonchev–Trinajstić information content (AvgIpc) is 2.96. The van der Waals surface area contributed by atoms with Crippen molar-refractivity contribution >= 4 is 0 Å². The molecule has 0 saturated heterocycles. The van der Waals surface area contributed by atoms with E-state index in [-0.39, 0.29) is 6.79 Å². The van der Waals surface area contributed by atoms with Crippen LogP contribution in [0.3, 0.4) is 0 Å². The maximum atomic E-state index is 10.3. The highest BCUT2D eigenvalue weighted by atomic mass is 16.7. The van der Waals surface area contributed by atoms with Crippen LogP contribution in [0.25, 0.3) is 0 Å². The van der Waals surface area contributed by atoms with Gasteiger partial charge in [0.15, 0.2) is 11.5 Å². The highest BCUT2D eigenvalue weighted by Crippen LogP contribution is 2.38. The second-order valence-corrected chi connectivity index (χ2v) is 4.86. The summed E-state index contributed by atoms with van der Waals surface area (Å²) in [5, 5.41) is 10.3. The van der Waals surface area contributed by atoms with E-state index in [1.165, 1.54) is 0 Å². The third-order valence-corrected chi connectivity index (χ3v) is 3.49. The van der Waals surface area contributed by atoms with Gasteiger partial charge in [0.05, 0.1) is 12.1 Å². The van der Waals surface area contributed by atoms with Crippen LogP contribution < -0.4 is 15.2 Å². The maximum Gasteiger partial charge on any atom is 0.231 e. The smallest absolute Gasteiger partial charge is 0.231 e. The van der Waals surface area contributed by atoms with Crippen molar-refractivity contribution in [2.24, 2.45) is 5.73 Å². The normalized spacial score (nSPS) is 15.9. The average molecular weight is 271 g/mol. The summed E-state index contributed by atoms with van der Waals surface area (Å²) in [7, 11) is 0. The molecule has 0 radical (unpaired) electrons. The predicted octanol–water partition coefficient (Wildman–Crippen LogP) is 2.02. The molecular weight excluding hydrogens is 254 g/mol. The van der Waals surface area contributed by atoms with E-state index in [2.05, 4.69) is 0 Å². The Hall–Kier alpha value is -2.04. The molecule has 0 spiro atoms. The Morgan fingerprint density at radius 1 is 1.05 bits per heavy atom. The van der Waals surface area contributed by atoms with E-state index in [0.29, 0.717) is 17.9 Å². The fraction of sp³-hybridized carbons (Fsp3) is 0.250. The fourth-order valence-electron chi connectivity index (χ4n) is 2.41. The van der Waals surface area contributed by atoms with Gasteiger partial charge in [0.25, 0.3) is 0 Å². The van der Waals surface area contributed by atoms with E-state index in [4.69, 9.17) is 15.2 Å². The second-order valence-electron chi connectivity index (χ2n) is 4.86. The van der Waals surface area contributed by atoms with Gasteiger partial charge in [-0.2, -0.15) is 0 Å². The number of hydrogen-bond acceptors (Lipinski definition) is 4. The van der Waals surface area contributed by atoms with Crippen molar-refractivity contribution in [3.8, 4) is 11.5 Å². The molecule has 3 N–H and O–H groups in total. The van der Waals surface area contributed by atoms with E-state index >= 15 is 0 Å². The topological polar surface area (TPSA) is 64.7 Å². The van der Waals surface area contributed by atoms with Gasteiger partial charge in [0.1, 0.15) is 0 Å². The lowest BCUT2D eigenvalue weighted by Crippen LogP contribution is -2.28. The molecule has 0 unspecified atom stereocenters. The number of benzene rings is 2. The van der Waals surface area contributed by atoms with Gasteiger partial charge < -0.3 is 20.3 Å². The Morgan fingerprint density at radius 3 is 2.65 bits per heavy atom. The summed E-state index contributed by atoms with van der Waals surface area (Å²) >= 11 is 0. The molecule has 4 heteroatoms. The molecule has 0 fully saturated rings. The lowest BCUT2D eigenvalue weighted by molar-refractivity contribution is 0.141. The fourth-order valence-corrected chi connectivity index (χ4v) is 2.41. The SMILES string of the molecule is N[C@H](c1cccc2c1OCO2)[C@@H](O)Cc1ccccc1. The first-order valence-electron chi connectivity index (χ1n) is 6.62. The van der Waals surface area contributed by atoms with Gasteiger partial charge in [-0.1, -0.05) is 42.5 Å². The summed E-state index contributed by atoms with van der Waals surface area (Å²) in [6.45, 7) is 0.202. The minimum absolute atomic E-state index is 0.202. The van der Waals surface area contributed by atoms with Gasteiger partial charge >= 0.3 is 0 Å². The van der Waals surface area contributed by atoms with Crippen LogP contribution in [0.1, 0.15) is 17.2 Å². The highest BCUT2D eigenvalue weighted by Gasteiger charge is 2.25. The standard InChI is InChI=1S/C16H17NO3/c17-15(13(18)9-11-5-2-1-3-6-11)12-7-4-8-14-16(12)20-10-19-14/h1-8,13,15,18H,9-10,17H2/t13-,15+/m0/s1. The molecule has 2 aromatic carbocycles. The summed E-state index contributed by atoms with van der Waals surface area (Å²) in [4.78, 5) is 0. The molecule has 1 heterocycles. The quantitative estimate of drug-likeness (QED) is 0.893. The first-order chi connectivity index (χ1) is 9.75. The number of para-hydroxylation sites is 1. The van der Waals surface area contributed by atoms with Gasteiger partial charge in [0, 0.05) is 12.0 Å². The Labute approximate surface area is 117 Å². The molecule has 4 nitrogen and oxygen atoms in total. The molecule has 3 rings (SSSR count). The number of nitrogens with two attached hydrogens (primary N) is 1. The summed E-state index contributed by atoms with van der Waals surface area (Å²) in [5.74, 6) is 1.33. The molecule has 2 atom stereocenters. The van der Waals surface area contributed by atoms with E-state index in [9.17, 15) is 5.11 Å². The predicted molar refractivity (Wildman–Crippen MR) is 75.6 cm³/mol. The molecule has 0 aliphatic carbocycles. The van der Waals surface area contributed by atoms with Crippen LogP contribution in [0.2, 0.25) is 0 Å². The third kappa shape index (κ3) is 2.48. The van der Waals surface area contributed by atoms with Crippen LogP contribution in [0, 0.1) is 0 Å². The lowest BCUT2D eigenvalue weighted by atomic mass is 9.96. The largest absolute Gasteiger partial charge is 0.454 e. The van der Waals surface area contributed by atoms with E-state index in [1.54, 1.807) is 0 Å². The van der Waals surface area contributed by atoms with Crippen molar-refractivity contribution in [2.75, 3.05) is 6.79 Å². The van der Waals surface area contributed by atoms with Crippen molar-refractivity contribution in [3.63, 3.8) is 0 Å². The number of aliphatic hydroxyl groups is 1. The minimum atomic E-state index is -0.673. The molecule has 104 valence electrons. The van der Waals surface area contributed by atoms with Crippen molar-refractivity contribution < 1.29 is 14.6 Å². The Morgan fingerprint density at radius 2 is 1.85 bits per heavy atom. The van der Waals surface area contributed by atoms with Gasteiger partial charge in [0.2, 0.25) is 6.79 Å². The lowest BCUT2D eigenvalue weighted by Gasteiger charge is -2.20. The Kier molecular flexibility index (Phi) is 3.58. The molecule has 2 aromatic rings. The van der Waals surface area contributed by atoms with Crippen molar-refractivity contribution in [1.82, 2.24) is 0 Å². The Bertz CT molecular complexity index is 586. The number of rotatable bonds is 4. The van der Waals surface area contributed by atoms with Gasteiger partial charge in [-0.15, -0.1) is 0 Å².